The van der Waals surface area contributed by atoms with Crippen molar-refractivity contribution in [3.8, 4) is 5.75 Å². The van der Waals surface area contributed by atoms with Gasteiger partial charge in [-0.2, -0.15) is 13.2 Å². The number of hydrogen-bond acceptors (Lipinski definition) is 4. The fraction of sp³-hybridized carbons (Fsp3) is 0.550. The fourth-order valence-corrected chi connectivity index (χ4v) is 3.55. The molecule has 2 aliphatic rings. The lowest BCUT2D eigenvalue weighted by molar-refractivity contribution is -0.0692. The van der Waals surface area contributed by atoms with E-state index in [0.717, 1.165) is 12.5 Å². The first-order valence-electron chi connectivity index (χ1n) is 9.10. The molecule has 4 nitrogen and oxygen atoms in total. The van der Waals surface area contributed by atoms with Crippen molar-refractivity contribution in [2.24, 2.45) is 5.92 Å². The normalized spacial score (nSPS) is 25.2. The van der Waals surface area contributed by atoms with Crippen LogP contribution in [0.4, 0.5) is 19.0 Å². The number of rotatable bonds is 5. The van der Waals surface area contributed by atoms with Crippen molar-refractivity contribution in [1.82, 2.24) is 4.98 Å². The highest BCUT2D eigenvalue weighted by Crippen LogP contribution is 2.47. The van der Waals surface area contributed by atoms with Crippen molar-refractivity contribution >= 4 is 11.4 Å². The van der Waals surface area contributed by atoms with Crippen molar-refractivity contribution in [3.63, 3.8) is 0 Å². The zero-order chi connectivity index (χ0) is 20.0. The number of fused-ring (bicyclic) bond motifs is 1. The molecule has 1 aliphatic carbocycles. The summed E-state index contributed by atoms with van der Waals surface area (Å²) in [4.78, 5) is 5.98. The molecule has 3 rings (SSSR count). The molecule has 1 aliphatic heterocycles. The molecule has 0 radical (unpaired) electrons. The molecule has 0 bridgehead atoms. The standard InChI is InChI=1S/C20H25F3N2O2/c1-12(2)5-6-27-15-8-16-17(20(21,22)23)7-13(3)25(18(16)24-11-15)14-9-19(4,26)10-14/h7-8,11-12,14,26H,3,5-6,9-10H2,1-2,4H3/t14-,19+. The number of nitrogens with zero attached hydrogens (tertiary/aromatic N) is 2. The smallest absolute Gasteiger partial charge is 0.417 e. The molecule has 1 aromatic rings. The van der Waals surface area contributed by atoms with Gasteiger partial charge in [0.05, 0.1) is 24.0 Å². The molecule has 0 atom stereocenters. The van der Waals surface area contributed by atoms with Gasteiger partial charge >= 0.3 is 6.18 Å². The van der Waals surface area contributed by atoms with Gasteiger partial charge in [-0.15, -0.1) is 0 Å². The lowest BCUT2D eigenvalue weighted by Gasteiger charge is -2.49. The molecule has 0 amide bonds. The Morgan fingerprint density at radius 3 is 2.63 bits per heavy atom. The van der Waals surface area contributed by atoms with Crippen molar-refractivity contribution in [3.05, 3.63) is 36.2 Å². The van der Waals surface area contributed by atoms with E-state index in [1.54, 1.807) is 11.8 Å². The van der Waals surface area contributed by atoms with Crippen molar-refractivity contribution in [1.29, 1.82) is 0 Å². The van der Waals surface area contributed by atoms with Gasteiger partial charge < -0.3 is 14.7 Å². The van der Waals surface area contributed by atoms with E-state index in [1.165, 1.54) is 12.3 Å². The van der Waals surface area contributed by atoms with Crippen molar-refractivity contribution in [2.75, 3.05) is 11.5 Å². The SMILES string of the molecule is C=C1C=C(C(F)(F)F)c2cc(OCCC(C)C)cnc2N1[C@H]1C[C@@](C)(O)C1. The minimum Gasteiger partial charge on any atom is -0.492 e. The molecule has 27 heavy (non-hydrogen) atoms. The van der Waals surface area contributed by atoms with Gasteiger partial charge in [-0.3, -0.25) is 0 Å². The third-order valence-electron chi connectivity index (χ3n) is 4.97. The molecule has 0 aromatic carbocycles. The first-order chi connectivity index (χ1) is 12.5. The topological polar surface area (TPSA) is 45.6 Å². The monoisotopic (exact) mass is 382 g/mol. The molecule has 0 saturated heterocycles. The Balaban J connectivity index is 1.94. The lowest BCUT2D eigenvalue weighted by Crippen LogP contribution is -2.54. The number of ether oxygens (including phenoxy) is 1. The van der Waals surface area contributed by atoms with E-state index in [9.17, 15) is 18.3 Å². The molecule has 1 saturated carbocycles. The van der Waals surface area contributed by atoms with Crippen LogP contribution in [0, 0.1) is 5.92 Å². The summed E-state index contributed by atoms with van der Waals surface area (Å²) in [6.45, 7) is 10.0. The summed E-state index contributed by atoms with van der Waals surface area (Å²) < 4.78 is 46.4. The quantitative estimate of drug-likeness (QED) is 0.802. The highest BCUT2D eigenvalue weighted by atomic mass is 19.4. The van der Waals surface area contributed by atoms with E-state index in [4.69, 9.17) is 4.74 Å². The average Bonchev–Trinajstić information content (AvgIpc) is 2.51. The van der Waals surface area contributed by atoms with Gasteiger partial charge in [0.2, 0.25) is 0 Å². The predicted molar refractivity (Wildman–Crippen MR) is 98.5 cm³/mol. The number of allylic oxidation sites excluding steroid dienone is 2. The minimum absolute atomic E-state index is 0.0107. The first kappa shape index (κ1) is 19.7. The zero-order valence-corrected chi connectivity index (χ0v) is 15.8. The molecule has 2 heterocycles. The molecule has 7 heteroatoms. The average molecular weight is 382 g/mol. The van der Waals surface area contributed by atoms with Crippen LogP contribution >= 0.6 is 0 Å². The van der Waals surface area contributed by atoms with Crippen LogP contribution in [-0.4, -0.2) is 34.5 Å². The molecule has 1 N–H and O–H groups in total. The highest BCUT2D eigenvalue weighted by Gasteiger charge is 2.46. The number of anilines is 1. The van der Waals surface area contributed by atoms with E-state index < -0.39 is 17.4 Å². The Bertz CT molecular complexity index is 761. The van der Waals surface area contributed by atoms with Crippen LogP contribution in [0.5, 0.6) is 5.75 Å². The molecule has 0 spiro atoms. The zero-order valence-electron chi connectivity index (χ0n) is 15.8. The Morgan fingerprint density at radius 2 is 2.07 bits per heavy atom. The van der Waals surface area contributed by atoms with Crippen LogP contribution < -0.4 is 9.64 Å². The second kappa shape index (κ2) is 6.86. The van der Waals surface area contributed by atoms with Crippen LogP contribution in [-0.2, 0) is 0 Å². The summed E-state index contributed by atoms with van der Waals surface area (Å²) in [7, 11) is 0. The Kier molecular flexibility index (Phi) is 5.01. The van der Waals surface area contributed by atoms with Crippen LogP contribution in [0.15, 0.2) is 30.6 Å². The summed E-state index contributed by atoms with van der Waals surface area (Å²) in [5.41, 5.74) is -1.36. The van der Waals surface area contributed by atoms with Crippen LogP contribution in [0.3, 0.4) is 0 Å². The van der Waals surface area contributed by atoms with Gasteiger partial charge in [0.1, 0.15) is 11.6 Å². The highest BCUT2D eigenvalue weighted by molar-refractivity contribution is 5.85. The lowest BCUT2D eigenvalue weighted by atomic mass is 9.75. The van der Waals surface area contributed by atoms with Gasteiger partial charge in [0.15, 0.2) is 0 Å². The number of aromatic nitrogens is 1. The summed E-state index contributed by atoms with van der Waals surface area (Å²) >= 11 is 0. The molecular weight excluding hydrogens is 357 g/mol. The predicted octanol–water partition coefficient (Wildman–Crippen LogP) is 4.70. The van der Waals surface area contributed by atoms with Gasteiger partial charge in [-0.1, -0.05) is 20.4 Å². The summed E-state index contributed by atoms with van der Waals surface area (Å²) in [5.74, 6) is 0.968. The maximum Gasteiger partial charge on any atom is 0.417 e. The van der Waals surface area contributed by atoms with E-state index in [1.807, 2.05) is 0 Å². The maximum atomic E-state index is 13.6. The number of halogens is 3. The van der Waals surface area contributed by atoms with Gasteiger partial charge in [-0.05, 0) is 44.2 Å². The fourth-order valence-electron chi connectivity index (χ4n) is 3.55. The minimum atomic E-state index is -4.52. The molecular formula is C20H25F3N2O2. The number of alkyl halides is 3. The van der Waals surface area contributed by atoms with Crippen molar-refractivity contribution < 1.29 is 23.0 Å². The molecule has 148 valence electrons. The van der Waals surface area contributed by atoms with Crippen LogP contribution in [0.1, 0.15) is 45.6 Å². The molecule has 0 unspecified atom stereocenters. The van der Waals surface area contributed by atoms with E-state index in [0.29, 0.717) is 31.1 Å². The summed E-state index contributed by atoms with van der Waals surface area (Å²) in [5, 5.41) is 10.0. The largest absolute Gasteiger partial charge is 0.492 e. The van der Waals surface area contributed by atoms with Gasteiger partial charge in [0.25, 0.3) is 0 Å². The second-order valence-electron chi connectivity index (χ2n) is 8.05. The van der Waals surface area contributed by atoms with E-state index in [-0.39, 0.29) is 23.1 Å². The summed E-state index contributed by atoms with van der Waals surface area (Å²) in [6, 6.07) is 1.27. The van der Waals surface area contributed by atoms with E-state index in [2.05, 4.69) is 25.4 Å². The summed E-state index contributed by atoms with van der Waals surface area (Å²) in [6.07, 6.45) is -0.305. The number of hydrogen-bond donors (Lipinski definition) is 1. The Morgan fingerprint density at radius 1 is 1.41 bits per heavy atom. The number of pyridine rings is 1. The number of aliphatic hydroxyl groups is 1. The Labute approximate surface area is 157 Å². The maximum absolute atomic E-state index is 13.6. The molecule has 1 aromatic heterocycles. The third kappa shape index (κ3) is 4.13. The van der Waals surface area contributed by atoms with Gasteiger partial charge in [-0.25, -0.2) is 4.98 Å². The second-order valence-corrected chi connectivity index (χ2v) is 8.05. The van der Waals surface area contributed by atoms with Crippen LogP contribution in [0.25, 0.3) is 5.57 Å². The third-order valence-corrected chi connectivity index (χ3v) is 4.97. The van der Waals surface area contributed by atoms with Gasteiger partial charge in [0, 0.05) is 17.3 Å². The first-order valence-corrected chi connectivity index (χ1v) is 9.10. The molecule has 1 fully saturated rings. The van der Waals surface area contributed by atoms with Crippen LogP contribution in [0.2, 0.25) is 0 Å². The Hall–Kier alpha value is -2.02. The van der Waals surface area contributed by atoms with Crippen molar-refractivity contribution in [2.45, 2.75) is 57.9 Å². The van der Waals surface area contributed by atoms with E-state index >= 15 is 0 Å².